The number of aryl methyl sites for hydroxylation is 1. The average Bonchev–Trinajstić information content (AvgIpc) is 2.92. The molecule has 2 aromatic rings. The summed E-state index contributed by atoms with van der Waals surface area (Å²) in [5.74, 6) is -0.249. The second-order valence-corrected chi connectivity index (χ2v) is 5.74. The molecule has 1 aliphatic heterocycles. The fourth-order valence-electron chi connectivity index (χ4n) is 2.09. The van der Waals surface area contributed by atoms with Crippen molar-refractivity contribution < 1.29 is 9.18 Å². The lowest BCUT2D eigenvalue weighted by Gasteiger charge is -2.09. The number of nitrogens with zero attached hydrogens (tertiary/aromatic N) is 2. The van der Waals surface area contributed by atoms with Crippen LogP contribution in [-0.4, -0.2) is 21.2 Å². The number of thioether (sulfide) groups is 1. The van der Waals surface area contributed by atoms with E-state index < -0.39 is 11.7 Å². The van der Waals surface area contributed by atoms with Gasteiger partial charge in [-0.1, -0.05) is 17.8 Å². The lowest BCUT2D eigenvalue weighted by atomic mass is 10.2. The monoisotopic (exact) mass is 305 g/mol. The molecule has 0 unspecified atom stereocenters. The van der Waals surface area contributed by atoms with Gasteiger partial charge in [0.25, 0.3) is 11.5 Å². The largest absolute Gasteiger partial charge is 0.321 e. The Morgan fingerprint density at radius 2 is 2.29 bits per heavy atom. The van der Waals surface area contributed by atoms with Gasteiger partial charge in [-0.15, -0.1) is 0 Å². The Bertz CT molecular complexity index is 788. The molecule has 7 heteroatoms. The molecule has 108 valence electrons. The average molecular weight is 305 g/mol. The summed E-state index contributed by atoms with van der Waals surface area (Å²) in [5, 5.41) is 3.18. The minimum absolute atomic E-state index is 0.0371. The van der Waals surface area contributed by atoms with Crippen LogP contribution < -0.4 is 10.9 Å². The van der Waals surface area contributed by atoms with Gasteiger partial charge >= 0.3 is 0 Å². The zero-order chi connectivity index (χ0) is 15.0. The van der Waals surface area contributed by atoms with E-state index in [9.17, 15) is 14.0 Å². The first-order valence-corrected chi connectivity index (χ1v) is 7.35. The summed E-state index contributed by atoms with van der Waals surface area (Å²) in [6, 6.07) is 4.10. The molecule has 1 N–H and O–H groups in total. The number of anilines is 1. The molecule has 1 amide bonds. The maximum Gasteiger partial charge on any atom is 0.267 e. The van der Waals surface area contributed by atoms with Gasteiger partial charge in [0.15, 0.2) is 5.16 Å². The van der Waals surface area contributed by atoms with Crippen LogP contribution in [0.1, 0.15) is 15.9 Å². The topological polar surface area (TPSA) is 64.0 Å². The first-order valence-electron chi connectivity index (χ1n) is 6.36. The fraction of sp³-hybridized carbons (Fsp3) is 0.214. The second-order valence-electron chi connectivity index (χ2n) is 4.67. The summed E-state index contributed by atoms with van der Waals surface area (Å²) in [7, 11) is 0. The molecule has 0 saturated carbocycles. The molecule has 0 bridgehead atoms. The van der Waals surface area contributed by atoms with Crippen LogP contribution in [-0.2, 0) is 6.54 Å². The van der Waals surface area contributed by atoms with Crippen molar-refractivity contribution in [1.29, 1.82) is 0 Å². The molecule has 3 rings (SSSR count). The molecule has 0 atom stereocenters. The number of halogens is 1. The van der Waals surface area contributed by atoms with E-state index in [-0.39, 0.29) is 11.1 Å². The number of amides is 1. The Hall–Kier alpha value is -2.15. The van der Waals surface area contributed by atoms with Gasteiger partial charge in [-0.3, -0.25) is 14.2 Å². The zero-order valence-corrected chi connectivity index (χ0v) is 12.0. The predicted octanol–water partition coefficient (Wildman–Crippen LogP) is 2.05. The molecule has 21 heavy (non-hydrogen) atoms. The van der Waals surface area contributed by atoms with E-state index in [1.165, 1.54) is 34.7 Å². The third-order valence-electron chi connectivity index (χ3n) is 3.25. The van der Waals surface area contributed by atoms with E-state index >= 15 is 0 Å². The van der Waals surface area contributed by atoms with Crippen molar-refractivity contribution >= 4 is 23.4 Å². The Balaban J connectivity index is 1.93. The predicted molar refractivity (Wildman–Crippen MR) is 78.3 cm³/mol. The maximum absolute atomic E-state index is 13.2. The van der Waals surface area contributed by atoms with Crippen molar-refractivity contribution in [1.82, 2.24) is 9.55 Å². The minimum Gasteiger partial charge on any atom is -0.321 e. The van der Waals surface area contributed by atoms with Gasteiger partial charge in [-0.2, -0.15) is 0 Å². The van der Waals surface area contributed by atoms with Crippen LogP contribution in [0.2, 0.25) is 0 Å². The quantitative estimate of drug-likeness (QED) is 0.863. The number of carbonyl (C=O) groups excluding carboxylic acids is 1. The summed E-state index contributed by atoms with van der Waals surface area (Å²) in [6.45, 7) is 2.30. The van der Waals surface area contributed by atoms with Crippen LogP contribution in [0.25, 0.3) is 0 Å². The third-order valence-corrected chi connectivity index (χ3v) is 4.22. The summed E-state index contributed by atoms with van der Waals surface area (Å²) < 4.78 is 14.7. The Labute approximate surface area is 124 Å². The number of carbonyl (C=O) groups is 1. The highest BCUT2D eigenvalue weighted by Crippen LogP contribution is 2.21. The Kier molecular flexibility index (Phi) is 3.50. The lowest BCUT2D eigenvalue weighted by Crippen LogP contribution is -2.29. The van der Waals surface area contributed by atoms with Crippen molar-refractivity contribution in [3.63, 3.8) is 0 Å². The summed E-state index contributed by atoms with van der Waals surface area (Å²) in [5.41, 5.74) is 0.662. The molecule has 1 aromatic heterocycles. The second kappa shape index (κ2) is 5.33. The third kappa shape index (κ3) is 2.56. The van der Waals surface area contributed by atoms with Crippen molar-refractivity contribution in [2.75, 3.05) is 11.1 Å². The van der Waals surface area contributed by atoms with Gasteiger partial charge in [-0.25, -0.2) is 9.37 Å². The smallest absolute Gasteiger partial charge is 0.267 e. The summed E-state index contributed by atoms with van der Waals surface area (Å²) in [6.07, 6.45) is 1.27. The van der Waals surface area contributed by atoms with E-state index in [1.807, 2.05) is 0 Å². The first kappa shape index (κ1) is 13.8. The highest BCUT2D eigenvalue weighted by Gasteiger charge is 2.20. The number of rotatable bonds is 2. The van der Waals surface area contributed by atoms with Crippen LogP contribution in [0.15, 0.2) is 34.3 Å². The van der Waals surface area contributed by atoms with Crippen LogP contribution in [0.4, 0.5) is 10.1 Å². The van der Waals surface area contributed by atoms with Gasteiger partial charge in [0.1, 0.15) is 11.4 Å². The molecular formula is C14H12FN3O2S. The Morgan fingerprint density at radius 1 is 1.48 bits per heavy atom. The molecule has 0 spiro atoms. The molecule has 0 aliphatic carbocycles. The van der Waals surface area contributed by atoms with Gasteiger partial charge in [0, 0.05) is 24.2 Å². The van der Waals surface area contributed by atoms with Gasteiger partial charge < -0.3 is 5.32 Å². The summed E-state index contributed by atoms with van der Waals surface area (Å²) >= 11 is 1.48. The molecule has 0 fully saturated rings. The molecule has 1 aliphatic rings. The molecule has 0 radical (unpaired) electrons. The standard InChI is InChI=1S/C14H12FN3O2S/c1-8-2-3-9(15)6-11(8)17-12(19)10-7-16-14-18(13(10)20)4-5-21-14/h2-3,6-7H,4-5H2,1H3,(H,17,19). The van der Waals surface area contributed by atoms with Crippen LogP contribution in [0, 0.1) is 12.7 Å². The van der Waals surface area contributed by atoms with E-state index in [1.54, 1.807) is 13.0 Å². The lowest BCUT2D eigenvalue weighted by molar-refractivity contribution is 0.102. The maximum atomic E-state index is 13.2. The normalized spacial score (nSPS) is 13.0. The first-order chi connectivity index (χ1) is 10.1. The molecule has 1 aromatic carbocycles. The number of fused-ring (bicyclic) bond motifs is 1. The Morgan fingerprint density at radius 3 is 3.10 bits per heavy atom. The molecule has 5 nitrogen and oxygen atoms in total. The minimum atomic E-state index is -0.576. The molecular weight excluding hydrogens is 293 g/mol. The van der Waals surface area contributed by atoms with Gasteiger partial charge in [0.2, 0.25) is 0 Å². The summed E-state index contributed by atoms with van der Waals surface area (Å²) in [4.78, 5) is 28.5. The number of benzene rings is 1. The van der Waals surface area contributed by atoms with Crippen LogP contribution in [0.3, 0.4) is 0 Å². The van der Waals surface area contributed by atoms with Crippen LogP contribution in [0.5, 0.6) is 0 Å². The van der Waals surface area contributed by atoms with E-state index in [0.29, 0.717) is 17.4 Å². The molecule has 2 heterocycles. The van der Waals surface area contributed by atoms with E-state index in [0.717, 1.165) is 11.3 Å². The molecule has 0 saturated heterocycles. The number of aromatic nitrogens is 2. The SMILES string of the molecule is Cc1ccc(F)cc1NC(=O)c1cnc2n(c1=O)CCS2. The zero-order valence-electron chi connectivity index (χ0n) is 11.2. The van der Waals surface area contributed by atoms with Crippen molar-refractivity contribution in [3.8, 4) is 0 Å². The van der Waals surface area contributed by atoms with Gasteiger partial charge in [-0.05, 0) is 24.6 Å². The van der Waals surface area contributed by atoms with Crippen molar-refractivity contribution in [3.05, 3.63) is 51.7 Å². The fourth-order valence-corrected chi connectivity index (χ4v) is 3.01. The number of hydrogen-bond acceptors (Lipinski definition) is 4. The number of hydrogen-bond donors (Lipinski definition) is 1. The van der Waals surface area contributed by atoms with Gasteiger partial charge in [0.05, 0.1) is 0 Å². The van der Waals surface area contributed by atoms with E-state index in [4.69, 9.17) is 0 Å². The van der Waals surface area contributed by atoms with Crippen LogP contribution >= 0.6 is 11.8 Å². The highest BCUT2D eigenvalue weighted by molar-refractivity contribution is 7.99. The highest BCUT2D eigenvalue weighted by atomic mass is 32.2. The van der Waals surface area contributed by atoms with E-state index in [2.05, 4.69) is 10.3 Å². The van der Waals surface area contributed by atoms with Crippen molar-refractivity contribution in [2.45, 2.75) is 18.6 Å². The number of nitrogens with one attached hydrogen (secondary N) is 1. The van der Waals surface area contributed by atoms with Crippen molar-refractivity contribution in [2.24, 2.45) is 0 Å².